The van der Waals surface area contributed by atoms with E-state index in [2.05, 4.69) is 12.2 Å². The average molecular weight is 297 g/mol. The van der Waals surface area contributed by atoms with Crippen LogP contribution < -0.4 is 5.32 Å². The Balaban J connectivity index is 0.000000219. The third-order valence-electron chi connectivity index (χ3n) is 3.58. The SMILES string of the molecule is CC1CCCCCC(O)COC1.CNc1ccc(F)cc1. The largest absolute Gasteiger partial charge is 0.391 e. The van der Waals surface area contributed by atoms with Gasteiger partial charge in [0, 0.05) is 19.3 Å². The lowest BCUT2D eigenvalue weighted by molar-refractivity contribution is 0.0141. The number of hydrogen-bond donors (Lipinski definition) is 2. The molecule has 1 aromatic carbocycles. The van der Waals surface area contributed by atoms with Crippen LogP contribution in [0.1, 0.15) is 39.0 Å². The van der Waals surface area contributed by atoms with E-state index >= 15 is 0 Å². The summed E-state index contributed by atoms with van der Waals surface area (Å²) in [4.78, 5) is 0. The number of benzene rings is 1. The number of hydrogen-bond acceptors (Lipinski definition) is 3. The van der Waals surface area contributed by atoms with E-state index in [4.69, 9.17) is 4.74 Å². The lowest BCUT2D eigenvalue weighted by Gasteiger charge is -2.17. The molecule has 1 aliphatic heterocycles. The Hall–Kier alpha value is -1.13. The summed E-state index contributed by atoms with van der Waals surface area (Å²) in [6, 6.07) is 6.22. The second kappa shape index (κ2) is 10.6. The van der Waals surface area contributed by atoms with Crippen molar-refractivity contribution in [3.8, 4) is 0 Å². The molecule has 0 spiro atoms. The van der Waals surface area contributed by atoms with Crippen molar-refractivity contribution < 1.29 is 14.2 Å². The molecule has 1 heterocycles. The highest BCUT2D eigenvalue weighted by atomic mass is 19.1. The van der Waals surface area contributed by atoms with Crippen LogP contribution in [0, 0.1) is 11.7 Å². The van der Waals surface area contributed by atoms with Crippen LogP contribution in [0.3, 0.4) is 0 Å². The Morgan fingerprint density at radius 1 is 1.10 bits per heavy atom. The third kappa shape index (κ3) is 8.68. The Kier molecular flexibility index (Phi) is 9.02. The number of aliphatic hydroxyl groups is 1. The molecule has 4 heteroatoms. The van der Waals surface area contributed by atoms with Crippen molar-refractivity contribution in [2.75, 3.05) is 25.6 Å². The summed E-state index contributed by atoms with van der Waals surface area (Å²) in [7, 11) is 1.80. The van der Waals surface area contributed by atoms with Gasteiger partial charge < -0.3 is 15.2 Å². The molecule has 2 N–H and O–H groups in total. The van der Waals surface area contributed by atoms with Crippen molar-refractivity contribution in [2.24, 2.45) is 5.92 Å². The van der Waals surface area contributed by atoms with Gasteiger partial charge in [0.05, 0.1) is 12.7 Å². The maximum atomic E-state index is 12.2. The molecule has 2 atom stereocenters. The predicted molar refractivity (Wildman–Crippen MR) is 85.0 cm³/mol. The van der Waals surface area contributed by atoms with Crippen LogP contribution in [0.4, 0.5) is 10.1 Å². The van der Waals surface area contributed by atoms with Gasteiger partial charge in [-0.15, -0.1) is 0 Å². The molecule has 2 rings (SSSR count). The van der Waals surface area contributed by atoms with Gasteiger partial charge in [0.15, 0.2) is 0 Å². The molecule has 0 radical (unpaired) electrons. The Morgan fingerprint density at radius 3 is 2.43 bits per heavy atom. The zero-order chi connectivity index (χ0) is 15.5. The van der Waals surface area contributed by atoms with Crippen LogP contribution >= 0.6 is 0 Å². The van der Waals surface area contributed by atoms with Gasteiger partial charge in [-0.25, -0.2) is 4.39 Å². The fourth-order valence-electron chi connectivity index (χ4n) is 2.24. The van der Waals surface area contributed by atoms with Gasteiger partial charge in [-0.2, -0.15) is 0 Å². The van der Waals surface area contributed by atoms with E-state index in [0.29, 0.717) is 12.5 Å². The number of anilines is 1. The smallest absolute Gasteiger partial charge is 0.123 e. The fraction of sp³-hybridized carbons (Fsp3) is 0.647. The van der Waals surface area contributed by atoms with Gasteiger partial charge in [0.25, 0.3) is 0 Å². The normalized spacial score (nSPS) is 23.6. The maximum absolute atomic E-state index is 12.2. The third-order valence-corrected chi connectivity index (χ3v) is 3.58. The van der Waals surface area contributed by atoms with Gasteiger partial charge in [0.2, 0.25) is 0 Å². The average Bonchev–Trinajstić information content (AvgIpc) is 2.48. The maximum Gasteiger partial charge on any atom is 0.123 e. The van der Waals surface area contributed by atoms with Crippen LogP contribution in [0.25, 0.3) is 0 Å². The number of rotatable bonds is 1. The molecular formula is C17H28FNO2. The molecule has 1 aliphatic rings. The van der Waals surface area contributed by atoms with Crippen molar-refractivity contribution in [1.82, 2.24) is 0 Å². The number of halogens is 1. The monoisotopic (exact) mass is 297 g/mol. The van der Waals surface area contributed by atoms with Crippen molar-refractivity contribution in [3.63, 3.8) is 0 Å². The first-order valence-electron chi connectivity index (χ1n) is 7.81. The fourth-order valence-corrected chi connectivity index (χ4v) is 2.24. The molecule has 0 aromatic heterocycles. The Bertz CT molecular complexity index is 358. The summed E-state index contributed by atoms with van der Waals surface area (Å²) >= 11 is 0. The predicted octanol–water partition coefficient (Wildman–Crippen LogP) is 3.83. The molecule has 0 saturated carbocycles. The quantitative estimate of drug-likeness (QED) is 0.827. The van der Waals surface area contributed by atoms with E-state index in [-0.39, 0.29) is 11.9 Å². The van der Waals surface area contributed by atoms with E-state index in [1.54, 1.807) is 19.2 Å². The van der Waals surface area contributed by atoms with Crippen LogP contribution in [0.2, 0.25) is 0 Å². The highest BCUT2D eigenvalue weighted by molar-refractivity contribution is 5.41. The number of nitrogens with one attached hydrogen (secondary N) is 1. The van der Waals surface area contributed by atoms with Crippen LogP contribution in [0.15, 0.2) is 24.3 Å². The van der Waals surface area contributed by atoms with Gasteiger partial charge in [0.1, 0.15) is 5.82 Å². The second-order valence-electron chi connectivity index (χ2n) is 5.69. The van der Waals surface area contributed by atoms with Crippen LogP contribution in [0.5, 0.6) is 0 Å². The molecule has 3 nitrogen and oxygen atoms in total. The van der Waals surface area contributed by atoms with E-state index in [1.807, 2.05) is 0 Å². The van der Waals surface area contributed by atoms with Crippen molar-refractivity contribution in [3.05, 3.63) is 30.1 Å². The van der Waals surface area contributed by atoms with Crippen LogP contribution in [-0.4, -0.2) is 31.5 Å². The van der Waals surface area contributed by atoms with Gasteiger partial charge >= 0.3 is 0 Å². The molecule has 2 unspecified atom stereocenters. The summed E-state index contributed by atoms with van der Waals surface area (Å²) in [5, 5.41) is 12.3. The minimum atomic E-state index is -0.227. The molecule has 1 saturated heterocycles. The first-order chi connectivity index (χ1) is 10.1. The summed E-state index contributed by atoms with van der Waals surface area (Å²) in [5.74, 6) is 0.462. The highest BCUT2D eigenvalue weighted by Gasteiger charge is 2.09. The molecular weight excluding hydrogens is 269 g/mol. The molecule has 0 bridgehead atoms. The van der Waals surface area contributed by atoms with Crippen LogP contribution in [-0.2, 0) is 4.74 Å². The summed E-state index contributed by atoms with van der Waals surface area (Å²) in [5.41, 5.74) is 0.927. The Labute approximate surface area is 127 Å². The molecule has 21 heavy (non-hydrogen) atoms. The molecule has 120 valence electrons. The van der Waals surface area contributed by atoms with Crippen molar-refractivity contribution in [2.45, 2.75) is 45.1 Å². The Morgan fingerprint density at radius 2 is 1.76 bits per heavy atom. The topological polar surface area (TPSA) is 41.5 Å². The lowest BCUT2D eigenvalue weighted by atomic mass is 10.0. The zero-order valence-corrected chi connectivity index (χ0v) is 13.1. The van der Waals surface area contributed by atoms with E-state index in [0.717, 1.165) is 25.1 Å². The van der Waals surface area contributed by atoms with Gasteiger partial charge in [-0.1, -0.05) is 26.2 Å². The second-order valence-corrected chi connectivity index (χ2v) is 5.69. The summed E-state index contributed by atoms with van der Waals surface area (Å²) in [6.07, 6.45) is 5.66. The minimum Gasteiger partial charge on any atom is -0.391 e. The van der Waals surface area contributed by atoms with E-state index < -0.39 is 0 Å². The zero-order valence-electron chi connectivity index (χ0n) is 13.1. The van der Waals surface area contributed by atoms with Gasteiger partial charge in [-0.05, 0) is 43.0 Å². The first kappa shape index (κ1) is 17.9. The minimum absolute atomic E-state index is 0.200. The summed E-state index contributed by atoms with van der Waals surface area (Å²) in [6.45, 7) is 3.56. The van der Waals surface area contributed by atoms with E-state index in [1.165, 1.54) is 31.4 Å². The van der Waals surface area contributed by atoms with Crippen molar-refractivity contribution in [1.29, 1.82) is 0 Å². The van der Waals surface area contributed by atoms with E-state index in [9.17, 15) is 9.50 Å². The molecule has 1 fully saturated rings. The number of aliphatic hydroxyl groups excluding tert-OH is 1. The lowest BCUT2D eigenvalue weighted by Crippen LogP contribution is -2.19. The molecule has 0 amide bonds. The number of ether oxygens (including phenoxy) is 1. The molecule has 0 aliphatic carbocycles. The van der Waals surface area contributed by atoms with Crippen molar-refractivity contribution >= 4 is 5.69 Å². The standard InChI is InChI=1S/C10H20O2.C7H8FN/c1-9-5-3-2-4-6-10(11)8-12-7-9;1-9-7-4-2-6(8)3-5-7/h9-11H,2-8H2,1H3;2-5,9H,1H3. The van der Waals surface area contributed by atoms with Gasteiger partial charge in [-0.3, -0.25) is 0 Å². The highest BCUT2D eigenvalue weighted by Crippen LogP contribution is 2.14. The molecule has 1 aromatic rings. The first-order valence-corrected chi connectivity index (χ1v) is 7.81. The summed E-state index contributed by atoms with van der Waals surface area (Å²) < 4.78 is 17.6.